The molecule has 0 bridgehead atoms. The van der Waals surface area contributed by atoms with E-state index < -0.39 is 31.4 Å². The van der Waals surface area contributed by atoms with Crippen LogP contribution >= 0.6 is 23.2 Å². The van der Waals surface area contributed by atoms with E-state index in [2.05, 4.69) is 14.9 Å². The molecule has 2 aromatic heterocycles. The molecule has 6 rings (SSSR count). The molecule has 0 saturated carbocycles. The van der Waals surface area contributed by atoms with Crippen LogP contribution in [0.5, 0.6) is 0 Å². The van der Waals surface area contributed by atoms with Gasteiger partial charge in [-0.2, -0.15) is 5.10 Å². The van der Waals surface area contributed by atoms with Crippen LogP contribution in [0.2, 0.25) is 10.0 Å². The van der Waals surface area contributed by atoms with E-state index in [0.717, 1.165) is 0 Å². The van der Waals surface area contributed by atoms with E-state index in [9.17, 15) is 16.8 Å². The lowest BCUT2D eigenvalue weighted by Gasteiger charge is -2.11. The highest BCUT2D eigenvalue weighted by Gasteiger charge is 2.33. The summed E-state index contributed by atoms with van der Waals surface area (Å²) in [5.74, 6) is -1.92. The Bertz CT molecular complexity index is 2170. The second kappa shape index (κ2) is 12.5. The largest absolute Gasteiger partial charge is 0.423 e. The van der Waals surface area contributed by atoms with Gasteiger partial charge in [-0.25, -0.2) is 21.5 Å². The second-order valence-electron chi connectivity index (χ2n) is 9.86. The first-order valence-electron chi connectivity index (χ1n) is 13.4. The molecule has 45 heavy (non-hydrogen) atoms. The number of anilines is 1. The summed E-state index contributed by atoms with van der Waals surface area (Å²) in [4.78, 5) is -0.0587. The van der Waals surface area contributed by atoms with E-state index in [-0.39, 0.29) is 22.4 Å². The third kappa shape index (κ3) is 6.94. The fraction of sp³-hybridized carbons (Fsp3) is 0.0645. The van der Waals surface area contributed by atoms with Gasteiger partial charge < -0.3 is 4.42 Å². The van der Waals surface area contributed by atoms with Crippen LogP contribution in [0.1, 0.15) is 11.8 Å². The van der Waals surface area contributed by atoms with Crippen LogP contribution in [0.3, 0.4) is 0 Å². The number of para-hydroxylation sites is 1. The predicted molar refractivity (Wildman–Crippen MR) is 172 cm³/mol. The highest BCUT2D eigenvalue weighted by Crippen LogP contribution is 2.39. The zero-order valence-electron chi connectivity index (χ0n) is 23.2. The van der Waals surface area contributed by atoms with Crippen molar-refractivity contribution in [3.05, 3.63) is 131 Å². The Hall–Kier alpha value is -4.49. The fourth-order valence-corrected chi connectivity index (χ4v) is 7.44. The number of rotatable bonds is 10. The summed E-state index contributed by atoms with van der Waals surface area (Å²) in [6, 6.07) is 30.9. The average Bonchev–Trinajstić information content (AvgIpc) is 3.64. The summed E-state index contributed by atoms with van der Waals surface area (Å²) in [6.07, 6.45) is 0. The van der Waals surface area contributed by atoms with Crippen molar-refractivity contribution in [3.8, 4) is 28.2 Å². The first kappa shape index (κ1) is 30.5. The maximum absolute atomic E-state index is 14.3. The van der Waals surface area contributed by atoms with E-state index in [1.807, 2.05) is 36.4 Å². The number of sulfone groups is 1. The zero-order valence-corrected chi connectivity index (χ0v) is 26.4. The molecule has 10 nitrogen and oxygen atoms in total. The summed E-state index contributed by atoms with van der Waals surface area (Å²) in [5, 5.41) is 13.4. The molecular formula is C31H23Cl2N5O5S2. The van der Waals surface area contributed by atoms with Gasteiger partial charge in [0.2, 0.25) is 21.8 Å². The summed E-state index contributed by atoms with van der Waals surface area (Å²) in [5.41, 5.74) is 2.60. The third-order valence-corrected chi connectivity index (χ3v) is 9.89. The molecule has 0 radical (unpaired) electrons. The summed E-state index contributed by atoms with van der Waals surface area (Å²) >= 11 is 12.0. The van der Waals surface area contributed by atoms with Crippen molar-refractivity contribution in [2.24, 2.45) is 0 Å². The molecule has 0 amide bonds. The Kier molecular flexibility index (Phi) is 8.47. The SMILES string of the molecule is O=S(=O)(Cc1nnc(CS(=O)(=O)c2c(-c3ccccc3)nn(-c3ccccc3)c2-c2ccc(Cl)cc2)o1)Nc1ccc(Cl)cc1. The fourth-order valence-electron chi connectivity index (χ4n) is 4.64. The maximum Gasteiger partial charge on any atom is 0.241 e. The van der Waals surface area contributed by atoms with Gasteiger partial charge in [-0.3, -0.25) is 4.72 Å². The van der Waals surface area contributed by atoms with Crippen LogP contribution in [0, 0.1) is 0 Å². The predicted octanol–water partition coefficient (Wildman–Crippen LogP) is 6.81. The van der Waals surface area contributed by atoms with Gasteiger partial charge in [0.1, 0.15) is 22.1 Å². The van der Waals surface area contributed by atoms with E-state index in [4.69, 9.17) is 32.7 Å². The molecule has 228 valence electrons. The van der Waals surface area contributed by atoms with Crippen molar-refractivity contribution < 1.29 is 21.3 Å². The van der Waals surface area contributed by atoms with Crippen LogP contribution in [0.25, 0.3) is 28.2 Å². The van der Waals surface area contributed by atoms with Crippen LogP contribution in [0.15, 0.2) is 119 Å². The molecule has 0 fully saturated rings. The van der Waals surface area contributed by atoms with Crippen molar-refractivity contribution in [2.75, 3.05) is 4.72 Å². The standard InChI is InChI=1S/C31H23Cl2N5O5S2/c32-23-13-11-22(12-14-23)30-31(29(21-7-3-1-4-8-21)36-38(30)26-9-5-2-6-10-26)44(39,40)19-27-34-35-28(43-27)20-45(41,42)37-25-17-15-24(33)16-18-25/h1-18,37H,19-20H2. The van der Waals surface area contributed by atoms with E-state index >= 15 is 0 Å². The number of halogens is 2. The number of benzene rings is 4. The molecule has 0 saturated heterocycles. The number of hydrogen-bond donors (Lipinski definition) is 1. The summed E-state index contributed by atoms with van der Waals surface area (Å²) < 4.78 is 63.6. The quantitative estimate of drug-likeness (QED) is 0.167. The van der Waals surface area contributed by atoms with Crippen LogP contribution < -0.4 is 4.72 Å². The molecular weight excluding hydrogens is 657 g/mol. The molecule has 0 aliphatic rings. The van der Waals surface area contributed by atoms with Crippen molar-refractivity contribution >= 4 is 48.7 Å². The van der Waals surface area contributed by atoms with E-state index in [1.165, 1.54) is 24.3 Å². The number of aromatic nitrogens is 4. The molecule has 4 aromatic carbocycles. The lowest BCUT2D eigenvalue weighted by atomic mass is 10.1. The highest BCUT2D eigenvalue weighted by molar-refractivity contribution is 7.92. The minimum atomic E-state index is -4.24. The molecule has 6 aromatic rings. The molecule has 0 aliphatic carbocycles. The Morgan fingerprint density at radius 1 is 0.667 bits per heavy atom. The molecule has 2 heterocycles. The van der Waals surface area contributed by atoms with Crippen LogP contribution in [0.4, 0.5) is 5.69 Å². The number of nitrogens with zero attached hydrogens (tertiary/aromatic N) is 4. The number of hydrogen-bond acceptors (Lipinski definition) is 8. The van der Waals surface area contributed by atoms with Crippen LogP contribution in [-0.4, -0.2) is 36.8 Å². The maximum atomic E-state index is 14.3. The van der Waals surface area contributed by atoms with E-state index in [0.29, 0.717) is 38.2 Å². The monoisotopic (exact) mass is 679 g/mol. The average molecular weight is 681 g/mol. The molecule has 0 aliphatic heterocycles. The smallest absolute Gasteiger partial charge is 0.241 e. The van der Waals surface area contributed by atoms with Crippen LogP contribution in [-0.2, 0) is 31.4 Å². The Morgan fingerprint density at radius 3 is 1.84 bits per heavy atom. The zero-order chi connectivity index (χ0) is 31.6. The Morgan fingerprint density at radius 2 is 1.22 bits per heavy atom. The van der Waals surface area contributed by atoms with Gasteiger partial charge >= 0.3 is 0 Å². The minimum absolute atomic E-state index is 0.0587. The molecule has 1 N–H and O–H groups in total. The molecule has 14 heteroatoms. The van der Waals surface area contributed by atoms with Gasteiger partial charge in [-0.05, 0) is 48.5 Å². The summed E-state index contributed by atoms with van der Waals surface area (Å²) in [6.45, 7) is 0. The van der Waals surface area contributed by atoms with Crippen molar-refractivity contribution in [1.29, 1.82) is 0 Å². The lowest BCUT2D eigenvalue weighted by Crippen LogP contribution is -2.15. The third-order valence-electron chi connectivity index (χ3n) is 6.57. The minimum Gasteiger partial charge on any atom is -0.423 e. The van der Waals surface area contributed by atoms with Gasteiger partial charge in [0.25, 0.3) is 0 Å². The summed E-state index contributed by atoms with van der Waals surface area (Å²) in [7, 11) is -8.20. The molecule has 0 spiro atoms. The second-order valence-corrected chi connectivity index (χ2v) is 14.4. The number of sulfonamides is 1. The van der Waals surface area contributed by atoms with Gasteiger partial charge in [0.05, 0.1) is 11.4 Å². The number of nitrogens with one attached hydrogen (secondary N) is 1. The van der Waals surface area contributed by atoms with Gasteiger partial charge in [-0.1, -0.05) is 83.9 Å². The van der Waals surface area contributed by atoms with Gasteiger partial charge in [0.15, 0.2) is 9.84 Å². The van der Waals surface area contributed by atoms with Crippen molar-refractivity contribution in [3.63, 3.8) is 0 Å². The first-order valence-corrected chi connectivity index (χ1v) is 17.4. The first-order chi connectivity index (χ1) is 21.6. The van der Waals surface area contributed by atoms with Gasteiger partial charge in [0, 0.05) is 26.9 Å². The normalized spacial score (nSPS) is 11.9. The Labute approximate surface area is 269 Å². The molecule has 0 unspecified atom stereocenters. The van der Waals surface area contributed by atoms with Gasteiger partial charge in [-0.15, -0.1) is 10.2 Å². The van der Waals surface area contributed by atoms with E-state index in [1.54, 1.807) is 53.2 Å². The Balaban J connectivity index is 1.40. The topological polar surface area (TPSA) is 137 Å². The van der Waals surface area contributed by atoms with Crippen molar-refractivity contribution in [2.45, 2.75) is 16.4 Å². The molecule has 0 atom stereocenters. The lowest BCUT2D eigenvalue weighted by molar-refractivity contribution is 0.472. The van der Waals surface area contributed by atoms with Crippen molar-refractivity contribution in [1.82, 2.24) is 20.0 Å². The highest BCUT2D eigenvalue weighted by atomic mass is 35.5.